The molecule has 3 aromatic rings. The van der Waals surface area contributed by atoms with Gasteiger partial charge in [-0.05, 0) is 51.9 Å². The first-order chi connectivity index (χ1) is 13.9. The summed E-state index contributed by atoms with van der Waals surface area (Å²) < 4.78 is 5.54. The van der Waals surface area contributed by atoms with Gasteiger partial charge in [0, 0.05) is 16.5 Å². The summed E-state index contributed by atoms with van der Waals surface area (Å²) in [6.07, 6.45) is 1.86. The summed E-state index contributed by atoms with van der Waals surface area (Å²) in [5.74, 6) is -0.356. The predicted octanol–water partition coefficient (Wildman–Crippen LogP) is 4.08. The average molecular weight is 433 g/mol. The van der Waals surface area contributed by atoms with Crippen molar-refractivity contribution in [1.29, 1.82) is 0 Å². The van der Waals surface area contributed by atoms with Gasteiger partial charge in [-0.3, -0.25) is 4.79 Å². The molecule has 2 aromatic carbocycles. The molecular weight excluding hydrogens is 419 g/mol. The number of nitrogens with one attached hydrogen (secondary N) is 2. The Hall–Kier alpha value is -3.10. The highest BCUT2D eigenvalue weighted by Gasteiger charge is 2.27. The van der Waals surface area contributed by atoms with E-state index in [0.717, 1.165) is 29.5 Å². The van der Waals surface area contributed by atoms with E-state index < -0.39 is 22.7 Å². The number of nitrogens with zero attached hydrogens (tertiary/aromatic N) is 2. The molecule has 29 heavy (non-hydrogen) atoms. The van der Waals surface area contributed by atoms with Crippen LogP contribution in [-0.2, 0) is 6.42 Å². The van der Waals surface area contributed by atoms with Crippen molar-refractivity contribution in [2.75, 3.05) is 6.61 Å². The Morgan fingerprint density at radius 1 is 1.28 bits per heavy atom. The molecule has 0 aliphatic carbocycles. The van der Waals surface area contributed by atoms with Crippen LogP contribution in [0.2, 0.25) is 10.0 Å². The number of fused-ring (bicyclic) bond motifs is 1. The largest absolute Gasteiger partial charge is 0.493 e. The van der Waals surface area contributed by atoms with Crippen LogP contribution >= 0.6 is 23.2 Å². The smallest absolute Gasteiger partial charge is 0.355 e. The van der Waals surface area contributed by atoms with E-state index in [1.54, 1.807) is 18.2 Å². The van der Waals surface area contributed by atoms with Crippen molar-refractivity contribution in [1.82, 2.24) is 15.5 Å². The lowest BCUT2D eigenvalue weighted by molar-refractivity contribution is -0.389. The van der Waals surface area contributed by atoms with Gasteiger partial charge in [-0.15, -0.1) is 5.10 Å². The van der Waals surface area contributed by atoms with Gasteiger partial charge in [0.15, 0.2) is 5.56 Å². The van der Waals surface area contributed by atoms with Crippen LogP contribution < -0.4 is 10.1 Å². The minimum Gasteiger partial charge on any atom is -0.493 e. The molecule has 0 spiro atoms. The van der Waals surface area contributed by atoms with Gasteiger partial charge in [0.1, 0.15) is 5.75 Å². The molecular formula is C19H14Cl2N4O4. The molecule has 0 saturated carbocycles. The monoisotopic (exact) mass is 432 g/mol. The van der Waals surface area contributed by atoms with Crippen molar-refractivity contribution in [2.45, 2.75) is 12.5 Å². The fourth-order valence-electron chi connectivity index (χ4n) is 3.26. The summed E-state index contributed by atoms with van der Waals surface area (Å²) in [5.41, 5.74) is 2.15. The van der Waals surface area contributed by atoms with Gasteiger partial charge < -0.3 is 20.2 Å². The van der Waals surface area contributed by atoms with Crippen molar-refractivity contribution < 1.29 is 14.5 Å². The molecule has 0 radical (unpaired) electrons. The normalized spacial score (nSPS) is 13.4. The first-order valence-corrected chi connectivity index (χ1v) is 9.39. The number of amides is 1. The van der Waals surface area contributed by atoms with Crippen LogP contribution in [0.5, 0.6) is 5.75 Å². The number of halogens is 2. The van der Waals surface area contributed by atoms with Crippen LogP contribution in [0.25, 0.3) is 0 Å². The third kappa shape index (κ3) is 3.76. The predicted molar refractivity (Wildman–Crippen MR) is 107 cm³/mol. The number of hydrogen-bond donors (Lipinski definition) is 2. The van der Waals surface area contributed by atoms with Crippen molar-refractivity contribution >= 4 is 34.9 Å². The Labute approximate surface area is 174 Å². The second-order valence-electron chi connectivity index (χ2n) is 6.43. The number of benzene rings is 2. The van der Waals surface area contributed by atoms with Gasteiger partial charge in [0.2, 0.25) is 0 Å². The zero-order chi connectivity index (χ0) is 20.5. The molecule has 1 amide bonds. The topological polar surface area (TPSA) is 110 Å². The highest BCUT2D eigenvalue weighted by Crippen LogP contribution is 2.34. The fourth-order valence-corrected chi connectivity index (χ4v) is 3.66. The first kappa shape index (κ1) is 19.2. The van der Waals surface area contributed by atoms with Crippen LogP contribution in [0.3, 0.4) is 0 Å². The molecule has 0 bridgehead atoms. The number of aromatic amines is 1. The summed E-state index contributed by atoms with van der Waals surface area (Å²) in [6, 6.07) is 9.82. The molecule has 148 valence electrons. The van der Waals surface area contributed by atoms with Crippen molar-refractivity contribution in [3.8, 4) is 5.75 Å². The van der Waals surface area contributed by atoms with E-state index in [2.05, 4.69) is 15.5 Å². The highest BCUT2D eigenvalue weighted by molar-refractivity contribution is 6.33. The van der Waals surface area contributed by atoms with Gasteiger partial charge in [-0.1, -0.05) is 34.4 Å². The van der Waals surface area contributed by atoms with Crippen LogP contribution in [-0.4, -0.2) is 27.6 Å². The molecule has 10 heteroatoms. The maximum Gasteiger partial charge on any atom is 0.355 e. The Morgan fingerprint density at radius 2 is 2.10 bits per heavy atom. The third-order valence-electron chi connectivity index (χ3n) is 4.64. The molecule has 2 heterocycles. The van der Waals surface area contributed by atoms with Crippen LogP contribution in [0.1, 0.15) is 33.1 Å². The number of rotatable bonds is 5. The first-order valence-electron chi connectivity index (χ1n) is 8.63. The van der Waals surface area contributed by atoms with E-state index in [4.69, 9.17) is 27.9 Å². The number of hydrogen-bond acceptors (Lipinski definition) is 5. The molecule has 1 aliphatic rings. The van der Waals surface area contributed by atoms with E-state index >= 15 is 0 Å². The van der Waals surface area contributed by atoms with Crippen molar-refractivity contribution in [2.24, 2.45) is 0 Å². The maximum absolute atomic E-state index is 12.8. The Bertz CT molecular complexity index is 1120. The van der Waals surface area contributed by atoms with Crippen LogP contribution in [0, 0.1) is 10.1 Å². The summed E-state index contributed by atoms with van der Waals surface area (Å²) in [5, 5.41) is 20.6. The number of carbonyl (C=O) groups is 1. The molecule has 1 atom stereocenters. The number of nitro groups is 1. The fraction of sp³-hybridized carbons (Fsp3) is 0.158. The van der Waals surface area contributed by atoms with Crippen LogP contribution in [0.15, 0.2) is 42.6 Å². The van der Waals surface area contributed by atoms with E-state index in [9.17, 15) is 14.9 Å². The summed E-state index contributed by atoms with van der Waals surface area (Å²) >= 11 is 12.5. The standard InChI is InChI=1S/C19H14Cl2N4O4/c20-12-2-3-15(21)13(8-12)17(11-1-4-16-10(7-11)5-6-29-16)23-19(26)14-9-22-24-18(14)25(27)28/h1-4,7-9,17H,5-6H2,(H,22,24)(H,23,26). The van der Waals surface area contributed by atoms with Crippen molar-refractivity contribution in [3.05, 3.63) is 85.0 Å². The number of carbonyl (C=O) groups excluding carboxylic acids is 1. The molecule has 1 aliphatic heterocycles. The van der Waals surface area contributed by atoms with Gasteiger partial charge in [0.05, 0.1) is 18.8 Å². The molecule has 1 aromatic heterocycles. The van der Waals surface area contributed by atoms with E-state index in [1.165, 1.54) is 0 Å². The second kappa shape index (κ2) is 7.73. The van der Waals surface area contributed by atoms with E-state index in [-0.39, 0.29) is 5.56 Å². The Morgan fingerprint density at radius 3 is 2.90 bits per heavy atom. The number of ether oxygens (including phenoxy) is 1. The minimum atomic E-state index is -0.698. The quantitative estimate of drug-likeness (QED) is 0.466. The SMILES string of the molecule is O=C(NC(c1ccc2c(c1)CCO2)c1cc(Cl)ccc1Cl)c1cn[nH]c1[N+](=O)[O-]. The lowest BCUT2D eigenvalue weighted by atomic mass is 9.96. The molecule has 0 fully saturated rings. The number of H-pyrrole nitrogens is 1. The summed E-state index contributed by atoms with van der Waals surface area (Å²) in [4.78, 5) is 23.3. The minimum absolute atomic E-state index is 0.178. The van der Waals surface area contributed by atoms with Gasteiger partial charge in [-0.25, -0.2) is 0 Å². The van der Waals surface area contributed by atoms with Crippen LogP contribution in [0.4, 0.5) is 5.82 Å². The van der Waals surface area contributed by atoms with E-state index in [0.29, 0.717) is 22.2 Å². The molecule has 8 nitrogen and oxygen atoms in total. The van der Waals surface area contributed by atoms with Gasteiger partial charge >= 0.3 is 5.82 Å². The van der Waals surface area contributed by atoms with Gasteiger partial charge in [-0.2, -0.15) is 0 Å². The molecule has 4 rings (SSSR count). The zero-order valence-corrected chi connectivity index (χ0v) is 16.3. The third-order valence-corrected chi connectivity index (χ3v) is 5.22. The summed E-state index contributed by atoms with van der Waals surface area (Å²) in [6.45, 7) is 0.592. The average Bonchev–Trinajstić information content (AvgIpc) is 3.36. The van der Waals surface area contributed by atoms with Crippen molar-refractivity contribution in [3.63, 3.8) is 0 Å². The zero-order valence-electron chi connectivity index (χ0n) is 14.8. The Balaban J connectivity index is 1.76. The molecule has 2 N–H and O–H groups in total. The summed E-state index contributed by atoms with van der Waals surface area (Å²) in [7, 11) is 0. The van der Waals surface area contributed by atoms with E-state index in [1.807, 2.05) is 18.2 Å². The maximum atomic E-state index is 12.8. The Kier molecular flexibility index (Phi) is 5.12. The number of aromatic nitrogens is 2. The van der Waals surface area contributed by atoms with Gasteiger partial charge in [0.25, 0.3) is 5.91 Å². The lowest BCUT2D eigenvalue weighted by Gasteiger charge is -2.21. The lowest BCUT2D eigenvalue weighted by Crippen LogP contribution is -2.30. The highest BCUT2D eigenvalue weighted by atomic mass is 35.5. The molecule has 1 unspecified atom stereocenters. The molecule has 0 saturated heterocycles. The second-order valence-corrected chi connectivity index (χ2v) is 7.27.